The summed E-state index contributed by atoms with van der Waals surface area (Å²) in [7, 11) is 0. The minimum absolute atomic E-state index is 0.420. The highest BCUT2D eigenvalue weighted by Crippen LogP contribution is 2.33. The quantitative estimate of drug-likeness (QED) is 0.308. The fourth-order valence-corrected chi connectivity index (χ4v) is 4.36. The summed E-state index contributed by atoms with van der Waals surface area (Å²) in [4.78, 5) is 2.46. The molecule has 0 atom stereocenters. The van der Waals surface area contributed by atoms with Crippen LogP contribution in [0.3, 0.4) is 0 Å². The lowest BCUT2D eigenvalue weighted by Crippen LogP contribution is -2.30. The standard InChI is InChI=1S/C28H26N2/c1-21(2)29(23-11-5-3-6-12-23)20-22-17-18-26-25-15-9-10-16-27(25)30(28(26)19-22)24-13-7-4-8-14-24/h3-19,21H,20H2,1-2H3. The third-order valence-corrected chi connectivity index (χ3v) is 5.82. The van der Waals surface area contributed by atoms with Gasteiger partial charge in [0.2, 0.25) is 0 Å². The zero-order valence-electron chi connectivity index (χ0n) is 17.5. The van der Waals surface area contributed by atoms with Gasteiger partial charge < -0.3 is 9.47 Å². The molecule has 1 aromatic heterocycles. The van der Waals surface area contributed by atoms with E-state index in [0.717, 1.165) is 6.54 Å². The number of hydrogen-bond acceptors (Lipinski definition) is 1. The van der Waals surface area contributed by atoms with Crippen molar-refractivity contribution in [3.05, 3.63) is 109 Å². The normalized spacial score (nSPS) is 11.4. The van der Waals surface area contributed by atoms with E-state index in [-0.39, 0.29) is 0 Å². The Morgan fingerprint density at radius 1 is 0.667 bits per heavy atom. The van der Waals surface area contributed by atoms with E-state index < -0.39 is 0 Å². The van der Waals surface area contributed by atoms with Gasteiger partial charge in [-0.3, -0.25) is 0 Å². The molecule has 30 heavy (non-hydrogen) atoms. The lowest BCUT2D eigenvalue weighted by Gasteiger charge is -2.29. The number of fused-ring (bicyclic) bond motifs is 3. The maximum Gasteiger partial charge on any atom is 0.0544 e. The average molecular weight is 391 g/mol. The minimum Gasteiger partial charge on any atom is -0.365 e. The fourth-order valence-electron chi connectivity index (χ4n) is 4.36. The molecular formula is C28H26N2. The van der Waals surface area contributed by atoms with E-state index in [1.165, 1.54) is 38.7 Å². The van der Waals surface area contributed by atoms with Crippen LogP contribution >= 0.6 is 0 Å². The van der Waals surface area contributed by atoms with Gasteiger partial charge in [-0.1, -0.05) is 66.7 Å². The van der Waals surface area contributed by atoms with Gasteiger partial charge in [0, 0.05) is 34.7 Å². The lowest BCUT2D eigenvalue weighted by molar-refractivity contribution is 0.683. The van der Waals surface area contributed by atoms with E-state index in [9.17, 15) is 0 Å². The summed E-state index contributed by atoms with van der Waals surface area (Å²) >= 11 is 0. The topological polar surface area (TPSA) is 8.17 Å². The second kappa shape index (κ2) is 7.72. The van der Waals surface area contributed by atoms with Gasteiger partial charge in [-0.15, -0.1) is 0 Å². The molecule has 0 aliphatic rings. The van der Waals surface area contributed by atoms with Gasteiger partial charge >= 0.3 is 0 Å². The summed E-state index contributed by atoms with van der Waals surface area (Å²) in [6.45, 7) is 5.40. The highest BCUT2D eigenvalue weighted by Gasteiger charge is 2.15. The van der Waals surface area contributed by atoms with Gasteiger partial charge in [0.25, 0.3) is 0 Å². The van der Waals surface area contributed by atoms with Crippen LogP contribution in [-0.2, 0) is 6.54 Å². The summed E-state index contributed by atoms with van der Waals surface area (Å²) in [5.41, 5.74) is 6.29. The highest BCUT2D eigenvalue weighted by molar-refractivity contribution is 6.09. The summed E-state index contributed by atoms with van der Waals surface area (Å²) in [6, 6.07) is 37.4. The van der Waals surface area contributed by atoms with Crippen LogP contribution in [-0.4, -0.2) is 10.6 Å². The molecule has 0 aliphatic heterocycles. The molecule has 0 N–H and O–H groups in total. The zero-order chi connectivity index (χ0) is 20.5. The molecular weight excluding hydrogens is 364 g/mol. The zero-order valence-corrected chi connectivity index (χ0v) is 17.5. The van der Waals surface area contributed by atoms with Gasteiger partial charge in [0.05, 0.1) is 11.0 Å². The molecule has 0 radical (unpaired) electrons. The van der Waals surface area contributed by atoms with Gasteiger partial charge in [-0.25, -0.2) is 0 Å². The van der Waals surface area contributed by atoms with Crippen molar-refractivity contribution in [1.82, 2.24) is 4.57 Å². The van der Waals surface area contributed by atoms with E-state index in [0.29, 0.717) is 6.04 Å². The summed E-state index contributed by atoms with van der Waals surface area (Å²) < 4.78 is 2.39. The maximum atomic E-state index is 2.46. The molecule has 0 spiro atoms. The molecule has 5 rings (SSSR count). The third-order valence-electron chi connectivity index (χ3n) is 5.82. The first kappa shape index (κ1) is 18.5. The number of rotatable bonds is 5. The van der Waals surface area contributed by atoms with Crippen LogP contribution in [0, 0.1) is 0 Å². The van der Waals surface area contributed by atoms with E-state index in [1.807, 2.05) is 0 Å². The second-order valence-electron chi connectivity index (χ2n) is 8.10. The summed E-state index contributed by atoms with van der Waals surface area (Å²) in [5.74, 6) is 0. The number of aromatic nitrogens is 1. The number of anilines is 1. The summed E-state index contributed by atoms with van der Waals surface area (Å²) in [5, 5.41) is 2.60. The van der Waals surface area contributed by atoms with Crippen molar-refractivity contribution in [2.45, 2.75) is 26.4 Å². The number of para-hydroxylation sites is 3. The number of nitrogens with zero attached hydrogens (tertiary/aromatic N) is 2. The molecule has 0 bridgehead atoms. The van der Waals surface area contributed by atoms with Crippen LogP contribution in [0.2, 0.25) is 0 Å². The van der Waals surface area contributed by atoms with Crippen molar-refractivity contribution < 1.29 is 0 Å². The molecule has 0 amide bonds. The maximum absolute atomic E-state index is 2.46. The Labute approximate surface area is 178 Å². The largest absolute Gasteiger partial charge is 0.365 e. The number of hydrogen-bond donors (Lipinski definition) is 0. The van der Waals surface area contributed by atoms with Gasteiger partial charge in [0.15, 0.2) is 0 Å². The van der Waals surface area contributed by atoms with E-state index >= 15 is 0 Å². The molecule has 5 aromatic rings. The molecule has 4 aromatic carbocycles. The Kier molecular flexibility index (Phi) is 4.76. The molecule has 0 fully saturated rings. The Morgan fingerprint density at radius 3 is 2.03 bits per heavy atom. The lowest BCUT2D eigenvalue weighted by atomic mass is 10.1. The van der Waals surface area contributed by atoms with Crippen molar-refractivity contribution in [1.29, 1.82) is 0 Å². The highest BCUT2D eigenvalue weighted by atomic mass is 15.1. The third kappa shape index (κ3) is 3.25. The van der Waals surface area contributed by atoms with Gasteiger partial charge in [-0.2, -0.15) is 0 Å². The molecule has 2 nitrogen and oxygen atoms in total. The Morgan fingerprint density at radius 2 is 1.30 bits per heavy atom. The summed E-state index contributed by atoms with van der Waals surface area (Å²) in [6.07, 6.45) is 0. The minimum atomic E-state index is 0.420. The first-order valence-corrected chi connectivity index (χ1v) is 10.6. The number of benzene rings is 4. The van der Waals surface area contributed by atoms with Crippen LogP contribution in [0.15, 0.2) is 103 Å². The van der Waals surface area contributed by atoms with Gasteiger partial charge in [-0.05, 0) is 55.8 Å². The van der Waals surface area contributed by atoms with Gasteiger partial charge in [0.1, 0.15) is 0 Å². The predicted molar refractivity (Wildman–Crippen MR) is 129 cm³/mol. The van der Waals surface area contributed by atoms with Crippen molar-refractivity contribution in [3.63, 3.8) is 0 Å². The first-order chi connectivity index (χ1) is 14.7. The smallest absolute Gasteiger partial charge is 0.0544 e. The van der Waals surface area contributed by atoms with Crippen molar-refractivity contribution in [3.8, 4) is 5.69 Å². The predicted octanol–water partition coefficient (Wildman–Crippen LogP) is 7.20. The SMILES string of the molecule is CC(C)N(Cc1ccc2c3ccccc3n(-c3ccccc3)c2c1)c1ccccc1. The molecule has 1 heterocycles. The van der Waals surface area contributed by atoms with E-state index in [4.69, 9.17) is 0 Å². The van der Waals surface area contributed by atoms with Crippen LogP contribution in [0.25, 0.3) is 27.5 Å². The van der Waals surface area contributed by atoms with E-state index in [2.05, 4.69) is 126 Å². The molecule has 0 unspecified atom stereocenters. The van der Waals surface area contributed by atoms with Crippen LogP contribution < -0.4 is 4.90 Å². The fraction of sp³-hybridized carbons (Fsp3) is 0.143. The molecule has 0 saturated heterocycles. The van der Waals surface area contributed by atoms with E-state index in [1.54, 1.807) is 0 Å². The molecule has 0 aliphatic carbocycles. The Bertz CT molecular complexity index is 1280. The van der Waals surface area contributed by atoms with Crippen molar-refractivity contribution in [2.24, 2.45) is 0 Å². The van der Waals surface area contributed by atoms with Crippen molar-refractivity contribution >= 4 is 27.5 Å². The molecule has 148 valence electrons. The Hall–Kier alpha value is -3.52. The first-order valence-electron chi connectivity index (χ1n) is 10.6. The second-order valence-corrected chi connectivity index (χ2v) is 8.10. The van der Waals surface area contributed by atoms with Crippen LogP contribution in [0.5, 0.6) is 0 Å². The van der Waals surface area contributed by atoms with Crippen LogP contribution in [0.4, 0.5) is 5.69 Å². The average Bonchev–Trinajstić information content (AvgIpc) is 3.12. The van der Waals surface area contributed by atoms with Crippen molar-refractivity contribution in [2.75, 3.05) is 4.90 Å². The Balaban J connectivity index is 1.66. The molecule has 2 heteroatoms. The monoisotopic (exact) mass is 390 g/mol. The molecule has 0 saturated carbocycles. The van der Waals surface area contributed by atoms with Crippen LogP contribution in [0.1, 0.15) is 19.4 Å².